The van der Waals surface area contributed by atoms with E-state index in [0.29, 0.717) is 11.5 Å². The Hall–Kier alpha value is -2.30. The normalized spacial score (nSPS) is 10.7. The maximum absolute atomic E-state index is 11.7. The van der Waals surface area contributed by atoms with Gasteiger partial charge in [0.1, 0.15) is 12.4 Å². The Bertz CT molecular complexity index is 576. The summed E-state index contributed by atoms with van der Waals surface area (Å²) in [4.78, 5) is 15.9. The zero-order chi connectivity index (χ0) is 13.8. The van der Waals surface area contributed by atoms with Crippen LogP contribution in [0.5, 0.6) is 0 Å². The summed E-state index contributed by atoms with van der Waals surface area (Å²) >= 11 is 0. The third-order valence-electron chi connectivity index (χ3n) is 2.53. The number of nitrogen functional groups attached to an aromatic ring is 1. The number of carbonyl (C=O) groups is 1. The van der Waals surface area contributed by atoms with Crippen LogP contribution in [0.15, 0.2) is 36.7 Å². The molecule has 0 aliphatic rings. The molecule has 1 aromatic carbocycles. The van der Waals surface area contributed by atoms with E-state index in [-0.39, 0.29) is 18.6 Å². The monoisotopic (exact) mass is 259 g/mol. The minimum absolute atomic E-state index is 0.119. The summed E-state index contributed by atoms with van der Waals surface area (Å²) in [6, 6.07) is 7.40. The number of imidazole rings is 1. The number of benzene rings is 1. The molecular formula is C14H17N3O2. The van der Waals surface area contributed by atoms with Crippen LogP contribution in [-0.4, -0.2) is 21.6 Å². The van der Waals surface area contributed by atoms with Gasteiger partial charge in [-0.05, 0) is 26.0 Å². The summed E-state index contributed by atoms with van der Waals surface area (Å²) in [6.07, 6.45) is 3.29. The molecule has 1 heterocycles. The Morgan fingerprint density at radius 3 is 2.95 bits per heavy atom. The molecule has 0 aliphatic carbocycles. The molecule has 0 saturated carbocycles. The number of nitrogens with two attached hydrogens (primary N) is 1. The van der Waals surface area contributed by atoms with Gasteiger partial charge in [0.2, 0.25) is 0 Å². The molecule has 5 heteroatoms. The lowest BCUT2D eigenvalue weighted by Gasteiger charge is -2.10. The van der Waals surface area contributed by atoms with Crippen molar-refractivity contribution in [3.63, 3.8) is 0 Å². The summed E-state index contributed by atoms with van der Waals surface area (Å²) in [7, 11) is 0. The van der Waals surface area contributed by atoms with E-state index in [4.69, 9.17) is 10.5 Å². The highest BCUT2D eigenvalue weighted by molar-refractivity contribution is 5.71. The second kappa shape index (κ2) is 5.56. The first-order valence-electron chi connectivity index (χ1n) is 6.13. The van der Waals surface area contributed by atoms with Gasteiger partial charge in [-0.25, -0.2) is 4.98 Å². The third kappa shape index (κ3) is 3.34. The fourth-order valence-corrected chi connectivity index (χ4v) is 1.81. The number of aromatic nitrogens is 2. The molecule has 0 radical (unpaired) electrons. The first-order valence-corrected chi connectivity index (χ1v) is 6.13. The van der Waals surface area contributed by atoms with Crippen LogP contribution in [-0.2, 0) is 16.1 Å². The van der Waals surface area contributed by atoms with E-state index in [9.17, 15) is 4.79 Å². The smallest absolute Gasteiger partial charge is 0.326 e. The van der Waals surface area contributed by atoms with E-state index in [1.165, 1.54) is 0 Å². The van der Waals surface area contributed by atoms with Crippen molar-refractivity contribution in [1.82, 2.24) is 9.55 Å². The van der Waals surface area contributed by atoms with E-state index < -0.39 is 0 Å². The van der Waals surface area contributed by atoms with Crippen LogP contribution in [0.4, 0.5) is 5.69 Å². The Morgan fingerprint density at radius 2 is 2.26 bits per heavy atom. The molecule has 0 unspecified atom stereocenters. The Balaban J connectivity index is 2.21. The van der Waals surface area contributed by atoms with Gasteiger partial charge in [0.05, 0.1) is 6.10 Å². The number of anilines is 1. The van der Waals surface area contributed by atoms with Crippen LogP contribution in [0.3, 0.4) is 0 Å². The molecule has 2 rings (SSSR count). The van der Waals surface area contributed by atoms with E-state index in [1.54, 1.807) is 17.0 Å². The summed E-state index contributed by atoms with van der Waals surface area (Å²) < 4.78 is 6.88. The van der Waals surface area contributed by atoms with Crippen molar-refractivity contribution >= 4 is 11.7 Å². The first-order chi connectivity index (χ1) is 9.06. The second-order valence-electron chi connectivity index (χ2n) is 4.54. The minimum atomic E-state index is -0.279. The van der Waals surface area contributed by atoms with Crippen LogP contribution in [0.2, 0.25) is 0 Å². The largest absolute Gasteiger partial charge is 0.462 e. The Kier molecular flexibility index (Phi) is 3.85. The van der Waals surface area contributed by atoms with Crippen molar-refractivity contribution in [2.75, 3.05) is 5.73 Å². The molecular weight excluding hydrogens is 242 g/mol. The zero-order valence-corrected chi connectivity index (χ0v) is 11.0. The third-order valence-corrected chi connectivity index (χ3v) is 2.53. The van der Waals surface area contributed by atoms with Gasteiger partial charge < -0.3 is 15.0 Å². The van der Waals surface area contributed by atoms with Crippen molar-refractivity contribution in [3.8, 4) is 11.4 Å². The van der Waals surface area contributed by atoms with E-state index >= 15 is 0 Å². The summed E-state index contributed by atoms with van der Waals surface area (Å²) in [5.41, 5.74) is 7.29. The van der Waals surface area contributed by atoms with Gasteiger partial charge in [-0.2, -0.15) is 0 Å². The highest BCUT2D eigenvalue weighted by Gasteiger charge is 2.11. The topological polar surface area (TPSA) is 70.1 Å². The quantitative estimate of drug-likeness (QED) is 0.674. The number of ether oxygens (including phenoxy) is 1. The van der Waals surface area contributed by atoms with Gasteiger partial charge in [-0.3, -0.25) is 4.79 Å². The maximum Gasteiger partial charge on any atom is 0.326 e. The van der Waals surface area contributed by atoms with Crippen LogP contribution < -0.4 is 5.73 Å². The van der Waals surface area contributed by atoms with Gasteiger partial charge in [0.15, 0.2) is 0 Å². The van der Waals surface area contributed by atoms with Crippen molar-refractivity contribution in [3.05, 3.63) is 36.7 Å². The molecule has 0 bridgehead atoms. The SMILES string of the molecule is CC(C)OC(=O)Cn1ccnc1-c1cccc(N)c1. The number of carbonyl (C=O) groups excluding carboxylic acids is 1. The molecule has 0 spiro atoms. The standard InChI is InChI=1S/C14H17N3O2/c1-10(2)19-13(18)9-17-7-6-16-14(17)11-4-3-5-12(15)8-11/h3-8,10H,9,15H2,1-2H3. The van der Waals surface area contributed by atoms with Crippen molar-refractivity contribution in [2.24, 2.45) is 0 Å². The zero-order valence-electron chi connectivity index (χ0n) is 11.0. The van der Waals surface area contributed by atoms with E-state index in [0.717, 1.165) is 5.56 Å². The molecule has 19 heavy (non-hydrogen) atoms. The van der Waals surface area contributed by atoms with Gasteiger partial charge in [-0.15, -0.1) is 0 Å². The van der Waals surface area contributed by atoms with E-state index in [2.05, 4.69) is 4.98 Å². The lowest BCUT2D eigenvalue weighted by atomic mass is 10.2. The van der Waals surface area contributed by atoms with Crippen molar-refractivity contribution < 1.29 is 9.53 Å². The average molecular weight is 259 g/mol. The van der Waals surface area contributed by atoms with Crippen molar-refractivity contribution in [2.45, 2.75) is 26.5 Å². The predicted octanol–water partition coefficient (Wildman–Crippen LogP) is 2.08. The number of hydrogen-bond donors (Lipinski definition) is 1. The highest BCUT2D eigenvalue weighted by Crippen LogP contribution is 2.19. The minimum Gasteiger partial charge on any atom is -0.462 e. The Morgan fingerprint density at radius 1 is 1.47 bits per heavy atom. The highest BCUT2D eigenvalue weighted by atomic mass is 16.5. The van der Waals surface area contributed by atoms with Gasteiger partial charge in [0.25, 0.3) is 0 Å². The van der Waals surface area contributed by atoms with Crippen LogP contribution in [0.25, 0.3) is 11.4 Å². The van der Waals surface area contributed by atoms with Crippen LogP contribution >= 0.6 is 0 Å². The fraction of sp³-hybridized carbons (Fsp3) is 0.286. The summed E-state index contributed by atoms with van der Waals surface area (Å²) in [6.45, 7) is 3.79. The fourth-order valence-electron chi connectivity index (χ4n) is 1.81. The number of nitrogens with zero attached hydrogens (tertiary/aromatic N) is 2. The predicted molar refractivity (Wildman–Crippen MR) is 73.3 cm³/mol. The van der Waals surface area contributed by atoms with E-state index in [1.807, 2.05) is 38.1 Å². The molecule has 5 nitrogen and oxygen atoms in total. The van der Waals surface area contributed by atoms with Crippen LogP contribution in [0, 0.1) is 0 Å². The number of hydrogen-bond acceptors (Lipinski definition) is 4. The summed E-state index contributed by atoms with van der Waals surface area (Å²) in [5, 5.41) is 0. The average Bonchev–Trinajstić information content (AvgIpc) is 2.75. The molecule has 0 amide bonds. The molecule has 2 N–H and O–H groups in total. The number of rotatable bonds is 4. The molecule has 0 saturated heterocycles. The molecule has 0 fully saturated rings. The van der Waals surface area contributed by atoms with Gasteiger partial charge in [0, 0.05) is 23.6 Å². The second-order valence-corrected chi connectivity index (χ2v) is 4.54. The molecule has 100 valence electrons. The number of esters is 1. The maximum atomic E-state index is 11.7. The van der Waals surface area contributed by atoms with Gasteiger partial charge >= 0.3 is 5.97 Å². The molecule has 0 atom stereocenters. The molecule has 2 aromatic rings. The lowest BCUT2D eigenvalue weighted by Crippen LogP contribution is -2.17. The van der Waals surface area contributed by atoms with Gasteiger partial charge in [-0.1, -0.05) is 12.1 Å². The Labute approximate surface area is 112 Å². The molecule has 1 aromatic heterocycles. The molecule has 0 aliphatic heterocycles. The summed E-state index contributed by atoms with van der Waals surface area (Å²) in [5.74, 6) is 0.422. The lowest BCUT2D eigenvalue weighted by molar-refractivity contribution is -0.148. The van der Waals surface area contributed by atoms with Crippen molar-refractivity contribution in [1.29, 1.82) is 0 Å². The van der Waals surface area contributed by atoms with Crippen LogP contribution in [0.1, 0.15) is 13.8 Å². The first kappa shape index (κ1) is 13.1.